The van der Waals surface area contributed by atoms with E-state index in [0.717, 1.165) is 21.5 Å². The van der Waals surface area contributed by atoms with E-state index in [1.54, 1.807) is 24.3 Å². The van der Waals surface area contributed by atoms with Crippen molar-refractivity contribution in [2.45, 2.75) is 0 Å². The van der Waals surface area contributed by atoms with E-state index in [2.05, 4.69) is 0 Å². The molecule has 0 spiro atoms. The lowest BCUT2D eigenvalue weighted by atomic mass is 10.1. The molecule has 0 unspecified atom stereocenters. The van der Waals surface area contributed by atoms with Gasteiger partial charge in [-0.25, -0.2) is 0 Å². The summed E-state index contributed by atoms with van der Waals surface area (Å²) in [7, 11) is 0. The molecule has 2 amide bonds. The number of benzene rings is 4. The van der Waals surface area contributed by atoms with Gasteiger partial charge in [-0.1, -0.05) is 60.7 Å². The quantitative estimate of drug-likeness (QED) is 0.579. The highest BCUT2D eigenvalue weighted by Gasteiger charge is 2.00. The third-order valence-corrected chi connectivity index (χ3v) is 4.07. The van der Waals surface area contributed by atoms with Gasteiger partial charge >= 0.3 is 0 Å². The number of nitrogens with two attached hydrogens (primary N) is 2. The average Bonchev–Trinajstić information content (AvgIpc) is 2.67. The largest absolute Gasteiger partial charge is 0.366 e. The predicted molar refractivity (Wildman–Crippen MR) is 105 cm³/mol. The van der Waals surface area contributed by atoms with Gasteiger partial charge in [-0.2, -0.15) is 0 Å². The molecule has 0 aliphatic rings. The summed E-state index contributed by atoms with van der Waals surface area (Å²) in [5.41, 5.74) is 11.4. The Morgan fingerprint density at radius 2 is 0.846 bits per heavy atom. The standard InChI is InChI=1S/2C11H9NO/c2*12-11(13)10-6-5-8-3-1-2-4-9(8)7-10/h2*1-7H,(H2,12,13). The molecule has 0 aliphatic heterocycles. The van der Waals surface area contributed by atoms with Crippen LogP contribution in [0.2, 0.25) is 0 Å². The zero-order chi connectivity index (χ0) is 18.5. The van der Waals surface area contributed by atoms with Gasteiger partial charge in [0.25, 0.3) is 0 Å². The molecule has 0 saturated heterocycles. The average molecular weight is 342 g/mol. The Morgan fingerprint density at radius 1 is 0.500 bits per heavy atom. The van der Waals surface area contributed by atoms with E-state index < -0.39 is 0 Å². The molecule has 0 aliphatic carbocycles. The molecule has 0 radical (unpaired) electrons. The van der Waals surface area contributed by atoms with Crippen molar-refractivity contribution >= 4 is 33.4 Å². The van der Waals surface area contributed by atoms with E-state index >= 15 is 0 Å². The van der Waals surface area contributed by atoms with E-state index in [-0.39, 0.29) is 11.8 Å². The van der Waals surface area contributed by atoms with Crippen LogP contribution in [0.15, 0.2) is 84.9 Å². The van der Waals surface area contributed by atoms with Crippen LogP contribution < -0.4 is 11.5 Å². The van der Waals surface area contributed by atoms with Crippen molar-refractivity contribution in [3.05, 3.63) is 96.1 Å². The Labute approximate surface area is 151 Å². The Hall–Kier alpha value is -3.66. The molecule has 4 aromatic carbocycles. The summed E-state index contributed by atoms with van der Waals surface area (Å²) in [4.78, 5) is 21.7. The van der Waals surface area contributed by atoms with Crippen molar-refractivity contribution in [1.82, 2.24) is 0 Å². The van der Waals surface area contributed by atoms with Crippen molar-refractivity contribution in [2.75, 3.05) is 0 Å². The van der Waals surface area contributed by atoms with Crippen LogP contribution >= 0.6 is 0 Å². The zero-order valence-electron chi connectivity index (χ0n) is 14.1. The number of carbonyl (C=O) groups is 2. The Kier molecular flexibility index (Phi) is 4.94. The Balaban J connectivity index is 0.000000151. The van der Waals surface area contributed by atoms with Gasteiger partial charge in [0.05, 0.1) is 0 Å². The summed E-state index contributed by atoms with van der Waals surface area (Å²) in [5.74, 6) is -0.767. The number of hydrogen-bond acceptors (Lipinski definition) is 2. The highest BCUT2D eigenvalue weighted by atomic mass is 16.1. The van der Waals surface area contributed by atoms with Gasteiger partial charge in [-0.05, 0) is 45.8 Å². The third-order valence-electron chi connectivity index (χ3n) is 4.07. The highest BCUT2D eigenvalue weighted by molar-refractivity contribution is 5.98. The Morgan fingerprint density at radius 3 is 1.19 bits per heavy atom. The van der Waals surface area contributed by atoms with Crippen molar-refractivity contribution in [3.8, 4) is 0 Å². The van der Waals surface area contributed by atoms with Crippen LogP contribution in [0.5, 0.6) is 0 Å². The van der Waals surface area contributed by atoms with Gasteiger partial charge in [-0.15, -0.1) is 0 Å². The number of primary amides is 2. The molecular weight excluding hydrogens is 324 g/mol. The molecule has 0 saturated carbocycles. The summed E-state index contributed by atoms with van der Waals surface area (Å²) in [6.45, 7) is 0. The second kappa shape index (κ2) is 7.49. The molecule has 0 atom stereocenters. The van der Waals surface area contributed by atoms with Gasteiger partial charge in [0.2, 0.25) is 11.8 Å². The minimum Gasteiger partial charge on any atom is -0.366 e. The van der Waals surface area contributed by atoms with Gasteiger partial charge in [0.1, 0.15) is 0 Å². The van der Waals surface area contributed by atoms with E-state index in [1.807, 2.05) is 60.7 Å². The summed E-state index contributed by atoms with van der Waals surface area (Å²) in [6.07, 6.45) is 0. The minimum absolute atomic E-state index is 0.384. The molecule has 4 rings (SSSR count). The number of amides is 2. The molecule has 0 fully saturated rings. The fourth-order valence-corrected chi connectivity index (χ4v) is 2.69. The lowest BCUT2D eigenvalue weighted by Crippen LogP contribution is -2.10. The van der Waals surface area contributed by atoms with E-state index in [1.165, 1.54) is 0 Å². The molecule has 0 heterocycles. The first kappa shape index (κ1) is 17.2. The lowest BCUT2D eigenvalue weighted by Gasteiger charge is -1.98. The van der Waals surface area contributed by atoms with Gasteiger partial charge < -0.3 is 11.5 Å². The fourth-order valence-electron chi connectivity index (χ4n) is 2.69. The minimum atomic E-state index is -0.384. The molecule has 4 heteroatoms. The number of hydrogen-bond donors (Lipinski definition) is 2. The maximum atomic E-state index is 10.9. The van der Waals surface area contributed by atoms with E-state index in [9.17, 15) is 9.59 Å². The molecule has 4 nitrogen and oxygen atoms in total. The van der Waals surface area contributed by atoms with Crippen LogP contribution in [0.3, 0.4) is 0 Å². The van der Waals surface area contributed by atoms with Crippen molar-refractivity contribution in [3.63, 3.8) is 0 Å². The second-order valence-electron chi connectivity index (χ2n) is 5.85. The SMILES string of the molecule is NC(=O)c1ccc2ccccc2c1.NC(=O)c1ccc2ccccc2c1. The summed E-state index contributed by atoms with van der Waals surface area (Å²) >= 11 is 0. The molecule has 128 valence electrons. The predicted octanol–water partition coefficient (Wildman–Crippen LogP) is 3.88. The van der Waals surface area contributed by atoms with Crippen molar-refractivity contribution in [2.24, 2.45) is 11.5 Å². The molecule has 4 N–H and O–H groups in total. The van der Waals surface area contributed by atoms with Crippen molar-refractivity contribution < 1.29 is 9.59 Å². The topological polar surface area (TPSA) is 86.2 Å². The van der Waals surface area contributed by atoms with Crippen LogP contribution in [0.25, 0.3) is 21.5 Å². The summed E-state index contributed by atoms with van der Waals surface area (Å²) < 4.78 is 0. The third kappa shape index (κ3) is 3.87. The van der Waals surface area contributed by atoms with Crippen LogP contribution in [-0.4, -0.2) is 11.8 Å². The number of carbonyl (C=O) groups excluding carboxylic acids is 2. The Bertz CT molecular complexity index is 1010. The normalized spacial score (nSPS) is 10.2. The summed E-state index contributed by atoms with van der Waals surface area (Å²) in [5, 5.41) is 4.32. The molecule has 26 heavy (non-hydrogen) atoms. The first-order chi connectivity index (χ1) is 12.5. The van der Waals surface area contributed by atoms with Crippen LogP contribution in [0.1, 0.15) is 20.7 Å². The van der Waals surface area contributed by atoms with E-state index in [4.69, 9.17) is 11.5 Å². The number of fused-ring (bicyclic) bond motifs is 2. The van der Waals surface area contributed by atoms with Gasteiger partial charge in [-0.3, -0.25) is 9.59 Å². The van der Waals surface area contributed by atoms with Crippen LogP contribution in [0.4, 0.5) is 0 Å². The first-order valence-electron chi connectivity index (χ1n) is 8.12. The maximum Gasteiger partial charge on any atom is 0.248 e. The summed E-state index contributed by atoms with van der Waals surface area (Å²) in [6, 6.07) is 26.6. The highest BCUT2D eigenvalue weighted by Crippen LogP contribution is 2.15. The van der Waals surface area contributed by atoms with Crippen molar-refractivity contribution in [1.29, 1.82) is 0 Å². The van der Waals surface area contributed by atoms with Crippen LogP contribution in [-0.2, 0) is 0 Å². The lowest BCUT2D eigenvalue weighted by molar-refractivity contribution is 0.0992. The van der Waals surface area contributed by atoms with Gasteiger partial charge in [0.15, 0.2) is 0 Å². The maximum absolute atomic E-state index is 10.9. The molecule has 0 bridgehead atoms. The smallest absolute Gasteiger partial charge is 0.248 e. The molecule has 4 aromatic rings. The fraction of sp³-hybridized carbons (Fsp3) is 0. The molecular formula is C22H18N2O2. The van der Waals surface area contributed by atoms with Gasteiger partial charge in [0, 0.05) is 11.1 Å². The molecule has 0 aromatic heterocycles. The monoisotopic (exact) mass is 342 g/mol. The first-order valence-corrected chi connectivity index (χ1v) is 8.12. The van der Waals surface area contributed by atoms with Crippen LogP contribution in [0, 0.1) is 0 Å². The van der Waals surface area contributed by atoms with E-state index in [0.29, 0.717) is 11.1 Å². The zero-order valence-corrected chi connectivity index (χ0v) is 14.1. The second-order valence-corrected chi connectivity index (χ2v) is 5.85. The number of rotatable bonds is 2.